The van der Waals surface area contributed by atoms with Gasteiger partial charge in [0.05, 0.1) is 0 Å². The minimum atomic E-state index is -0.415. The van der Waals surface area contributed by atoms with Crippen LogP contribution in [-0.2, 0) is 4.74 Å². The van der Waals surface area contributed by atoms with Gasteiger partial charge in [-0.15, -0.1) is 0 Å². The van der Waals surface area contributed by atoms with E-state index in [4.69, 9.17) is 4.74 Å². The molecule has 0 radical (unpaired) electrons. The van der Waals surface area contributed by atoms with Crippen molar-refractivity contribution in [1.29, 1.82) is 0 Å². The summed E-state index contributed by atoms with van der Waals surface area (Å²) in [5.41, 5.74) is -0.415. The minimum Gasteiger partial charge on any atom is -0.444 e. The van der Waals surface area contributed by atoms with E-state index in [-0.39, 0.29) is 6.09 Å². The van der Waals surface area contributed by atoms with Gasteiger partial charge in [0.25, 0.3) is 0 Å². The summed E-state index contributed by atoms with van der Waals surface area (Å²) in [5.74, 6) is 0.593. The van der Waals surface area contributed by atoms with Crippen molar-refractivity contribution in [3.63, 3.8) is 0 Å². The highest BCUT2D eigenvalue weighted by atomic mass is 16.6. The van der Waals surface area contributed by atoms with Crippen LogP contribution in [0.5, 0.6) is 0 Å². The lowest BCUT2D eigenvalue weighted by Gasteiger charge is -2.41. The summed E-state index contributed by atoms with van der Waals surface area (Å²) in [6, 6.07) is 0.774. The van der Waals surface area contributed by atoms with Gasteiger partial charge in [-0.2, -0.15) is 0 Å². The monoisotopic (exact) mass is 311 g/mol. The summed E-state index contributed by atoms with van der Waals surface area (Å²) < 4.78 is 5.29. The van der Waals surface area contributed by atoms with Crippen molar-refractivity contribution in [2.75, 3.05) is 39.8 Å². The normalized spacial score (nSPS) is 23.5. The summed E-state index contributed by atoms with van der Waals surface area (Å²) in [7, 11) is 2.21. The van der Waals surface area contributed by atoms with Gasteiger partial charge in [-0.25, -0.2) is 4.79 Å². The van der Waals surface area contributed by atoms with Gasteiger partial charge in [-0.3, -0.25) is 0 Å². The van der Waals surface area contributed by atoms with Crippen LogP contribution >= 0.6 is 0 Å². The summed E-state index contributed by atoms with van der Waals surface area (Å²) in [6.07, 6.45) is 4.68. The van der Waals surface area contributed by atoms with Crippen molar-refractivity contribution in [3.8, 4) is 0 Å². The molecule has 0 unspecified atom stereocenters. The molecule has 0 bridgehead atoms. The fourth-order valence-electron chi connectivity index (χ4n) is 3.42. The van der Waals surface area contributed by atoms with E-state index in [2.05, 4.69) is 22.2 Å². The van der Waals surface area contributed by atoms with Gasteiger partial charge >= 0.3 is 6.09 Å². The SMILES string of the molecule is CN1CCC(N2CCC(CNC(=O)OC(C)(C)C)CC2)CC1. The average molecular weight is 311 g/mol. The number of ether oxygens (including phenoxy) is 1. The van der Waals surface area contributed by atoms with E-state index in [1.807, 2.05) is 20.8 Å². The Labute approximate surface area is 135 Å². The Bertz CT molecular complexity index is 351. The Morgan fingerprint density at radius 2 is 1.68 bits per heavy atom. The fraction of sp³-hybridized carbons (Fsp3) is 0.941. The Morgan fingerprint density at radius 3 is 2.23 bits per heavy atom. The van der Waals surface area contributed by atoms with Gasteiger partial charge < -0.3 is 19.9 Å². The quantitative estimate of drug-likeness (QED) is 0.869. The third-order valence-corrected chi connectivity index (χ3v) is 4.79. The van der Waals surface area contributed by atoms with Crippen LogP contribution < -0.4 is 5.32 Å². The number of carbonyl (C=O) groups is 1. The highest BCUT2D eigenvalue weighted by Crippen LogP contribution is 2.23. The van der Waals surface area contributed by atoms with Crippen LogP contribution in [0.2, 0.25) is 0 Å². The molecular weight excluding hydrogens is 278 g/mol. The Morgan fingerprint density at radius 1 is 1.09 bits per heavy atom. The van der Waals surface area contributed by atoms with Crippen molar-refractivity contribution < 1.29 is 9.53 Å². The average Bonchev–Trinajstić information content (AvgIpc) is 2.45. The molecule has 0 saturated carbocycles. The molecule has 5 heteroatoms. The Balaban J connectivity index is 1.64. The highest BCUT2D eigenvalue weighted by molar-refractivity contribution is 5.67. The topological polar surface area (TPSA) is 44.8 Å². The smallest absolute Gasteiger partial charge is 0.407 e. The molecule has 1 amide bonds. The summed E-state index contributed by atoms with van der Waals surface area (Å²) in [4.78, 5) is 16.8. The Hall–Kier alpha value is -0.810. The van der Waals surface area contributed by atoms with Crippen molar-refractivity contribution in [1.82, 2.24) is 15.1 Å². The first kappa shape index (κ1) is 17.5. The lowest BCUT2D eigenvalue weighted by Crippen LogP contribution is -2.48. The molecule has 0 aromatic rings. The van der Waals surface area contributed by atoms with Crippen molar-refractivity contribution in [2.24, 2.45) is 5.92 Å². The number of rotatable bonds is 3. The number of alkyl carbamates (subject to hydrolysis) is 1. The third-order valence-electron chi connectivity index (χ3n) is 4.79. The Kier molecular flexibility index (Phi) is 6.09. The van der Waals surface area contributed by atoms with E-state index >= 15 is 0 Å². The van der Waals surface area contributed by atoms with Crippen molar-refractivity contribution in [2.45, 2.75) is 58.1 Å². The van der Waals surface area contributed by atoms with E-state index in [9.17, 15) is 4.79 Å². The molecule has 0 aromatic carbocycles. The number of nitrogens with one attached hydrogen (secondary N) is 1. The first-order valence-corrected chi connectivity index (χ1v) is 8.73. The maximum absolute atomic E-state index is 11.7. The maximum atomic E-state index is 11.7. The van der Waals surface area contributed by atoms with Crippen molar-refractivity contribution >= 4 is 6.09 Å². The van der Waals surface area contributed by atoms with Gasteiger partial charge in [-0.05, 0) is 85.6 Å². The molecule has 0 spiro atoms. The van der Waals surface area contributed by atoms with Gasteiger partial charge in [0.15, 0.2) is 0 Å². The first-order chi connectivity index (χ1) is 10.3. The van der Waals surface area contributed by atoms with Gasteiger partial charge in [0, 0.05) is 12.6 Å². The first-order valence-electron chi connectivity index (χ1n) is 8.73. The molecule has 2 heterocycles. The van der Waals surface area contributed by atoms with Crippen LogP contribution in [0.1, 0.15) is 46.5 Å². The summed E-state index contributed by atoms with van der Waals surface area (Å²) >= 11 is 0. The number of piperidine rings is 2. The van der Waals surface area contributed by atoms with E-state index in [0.29, 0.717) is 5.92 Å². The summed E-state index contributed by atoms with van der Waals surface area (Å²) in [5, 5.41) is 2.92. The molecule has 128 valence electrons. The third kappa shape index (κ3) is 5.76. The predicted octanol–water partition coefficient (Wildman–Crippen LogP) is 2.32. The standard InChI is InChI=1S/C17H33N3O2/c1-17(2,3)22-16(21)18-13-14-5-11-20(12-6-14)15-7-9-19(4)10-8-15/h14-15H,5-13H2,1-4H3,(H,18,21). The van der Waals surface area contributed by atoms with Gasteiger partial charge in [0.1, 0.15) is 5.60 Å². The maximum Gasteiger partial charge on any atom is 0.407 e. The number of nitrogens with zero attached hydrogens (tertiary/aromatic N) is 2. The molecular formula is C17H33N3O2. The molecule has 2 fully saturated rings. The highest BCUT2D eigenvalue weighted by Gasteiger charge is 2.27. The zero-order valence-electron chi connectivity index (χ0n) is 14.7. The molecule has 0 atom stereocenters. The molecule has 5 nitrogen and oxygen atoms in total. The number of hydrogen-bond donors (Lipinski definition) is 1. The predicted molar refractivity (Wildman–Crippen MR) is 89.1 cm³/mol. The van der Waals surface area contributed by atoms with Gasteiger partial charge in [0.2, 0.25) is 0 Å². The van der Waals surface area contributed by atoms with Crippen molar-refractivity contribution in [3.05, 3.63) is 0 Å². The van der Waals surface area contributed by atoms with E-state index in [0.717, 1.165) is 12.6 Å². The molecule has 2 rings (SSSR count). The van der Waals surface area contributed by atoms with Crippen LogP contribution in [-0.4, -0.2) is 67.3 Å². The van der Waals surface area contributed by atoms with Crippen LogP contribution in [0.15, 0.2) is 0 Å². The van der Waals surface area contributed by atoms with Crippen LogP contribution in [0, 0.1) is 5.92 Å². The lowest BCUT2D eigenvalue weighted by atomic mass is 9.93. The van der Waals surface area contributed by atoms with Gasteiger partial charge in [-0.1, -0.05) is 0 Å². The summed E-state index contributed by atoms with van der Waals surface area (Å²) in [6.45, 7) is 11.2. The van der Waals surface area contributed by atoms with Crippen LogP contribution in [0.3, 0.4) is 0 Å². The molecule has 1 N–H and O–H groups in total. The van der Waals surface area contributed by atoms with E-state index in [1.165, 1.54) is 51.9 Å². The second-order valence-electron chi connectivity index (χ2n) is 7.90. The number of likely N-dealkylation sites (tertiary alicyclic amines) is 2. The molecule has 2 aliphatic rings. The number of amides is 1. The second-order valence-corrected chi connectivity index (χ2v) is 7.90. The molecule has 2 aliphatic heterocycles. The lowest BCUT2D eigenvalue weighted by molar-refractivity contribution is 0.0494. The van der Waals surface area contributed by atoms with E-state index < -0.39 is 5.60 Å². The van der Waals surface area contributed by atoms with Crippen LogP contribution in [0.25, 0.3) is 0 Å². The van der Waals surface area contributed by atoms with Crippen LogP contribution in [0.4, 0.5) is 4.79 Å². The number of hydrogen-bond acceptors (Lipinski definition) is 4. The second kappa shape index (κ2) is 7.64. The zero-order chi connectivity index (χ0) is 16.2. The largest absolute Gasteiger partial charge is 0.444 e. The van der Waals surface area contributed by atoms with E-state index in [1.54, 1.807) is 0 Å². The number of carbonyl (C=O) groups excluding carboxylic acids is 1. The molecule has 0 aliphatic carbocycles. The zero-order valence-corrected chi connectivity index (χ0v) is 14.7. The fourth-order valence-corrected chi connectivity index (χ4v) is 3.42. The molecule has 2 saturated heterocycles. The molecule has 0 aromatic heterocycles. The minimum absolute atomic E-state index is 0.287. The molecule has 22 heavy (non-hydrogen) atoms.